The number of rotatable bonds is 5. The zero-order valence-electron chi connectivity index (χ0n) is 16.2. The van der Waals surface area contributed by atoms with Gasteiger partial charge in [0.05, 0.1) is 0 Å². The van der Waals surface area contributed by atoms with Crippen LogP contribution in [0.15, 0.2) is 23.1 Å². The monoisotopic (exact) mass is 355 g/mol. The van der Waals surface area contributed by atoms with Crippen LogP contribution in [0.4, 0.5) is 5.82 Å². The summed E-state index contributed by atoms with van der Waals surface area (Å²) in [5, 5.41) is 3.42. The number of H-pyrrole nitrogens is 1. The molecular formula is C20H29N5O. The van der Waals surface area contributed by atoms with E-state index < -0.39 is 0 Å². The first kappa shape index (κ1) is 18.6. The SMILES string of the molecule is Cc1nc(-c2ccc(NCC(C)N3CCCC(C)C3)nc2)[nH]c(=O)c1C. The number of aryl methyl sites for hydroxylation is 1. The summed E-state index contributed by atoms with van der Waals surface area (Å²) in [5.74, 6) is 2.20. The molecule has 26 heavy (non-hydrogen) atoms. The summed E-state index contributed by atoms with van der Waals surface area (Å²) in [4.78, 5) is 26.2. The van der Waals surface area contributed by atoms with Gasteiger partial charge in [0.15, 0.2) is 0 Å². The third-order valence-electron chi connectivity index (χ3n) is 5.32. The molecule has 2 aromatic heterocycles. The Hall–Kier alpha value is -2.21. The molecule has 1 saturated heterocycles. The van der Waals surface area contributed by atoms with E-state index in [2.05, 4.69) is 39.0 Å². The lowest BCUT2D eigenvalue weighted by Gasteiger charge is -2.35. The number of aromatic amines is 1. The highest BCUT2D eigenvalue weighted by atomic mass is 16.1. The predicted octanol–water partition coefficient (Wildman–Crippen LogP) is 2.98. The molecule has 0 saturated carbocycles. The van der Waals surface area contributed by atoms with Crippen LogP contribution in [0, 0.1) is 19.8 Å². The van der Waals surface area contributed by atoms with Crippen LogP contribution in [-0.2, 0) is 0 Å². The Bertz CT molecular complexity index is 799. The molecule has 0 amide bonds. The summed E-state index contributed by atoms with van der Waals surface area (Å²) in [7, 11) is 0. The molecule has 2 aromatic rings. The van der Waals surface area contributed by atoms with Gasteiger partial charge in [0, 0.05) is 42.1 Å². The highest BCUT2D eigenvalue weighted by Gasteiger charge is 2.20. The number of pyridine rings is 1. The Kier molecular flexibility index (Phi) is 5.71. The number of nitrogens with zero attached hydrogens (tertiary/aromatic N) is 3. The van der Waals surface area contributed by atoms with Crippen molar-refractivity contribution in [2.45, 2.75) is 46.6 Å². The lowest BCUT2D eigenvalue weighted by molar-refractivity contribution is 0.144. The lowest BCUT2D eigenvalue weighted by Crippen LogP contribution is -2.43. The van der Waals surface area contributed by atoms with Crippen molar-refractivity contribution in [3.63, 3.8) is 0 Å². The van der Waals surface area contributed by atoms with Gasteiger partial charge in [-0.2, -0.15) is 0 Å². The van der Waals surface area contributed by atoms with E-state index in [0.29, 0.717) is 17.4 Å². The van der Waals surface area contributed by atoms with Gasteiger partial charge in [-0.3, -0.25) is 9.69 Å². The zero-order chi connectivity index (χ0) is 18.7. The first-order valence-electron chi connectivity index (χ1n) is 9.46. The van der Waals surface area contributed by atoms with Crippen molar-refractivity contribution in [3.05, 3.63) is 39.9 Å². The van der Waals surface area contributed by atoms with E-state index in [-0.39, 0.29) is 5.56 Å². The molecule has 6 heteroatoms. The number of likely N-dealkylation sites (tertiary alicyclic amines) is 1. The Balaban J connectivity index is 1.62. The maximum atomic E-state index is 11.9. The minimum Gasteiger partial charge on any atom is -0.369 e. The Morgan fingerprint density at radius 3 is 2.85 bits per heavy atom. The average molecular weight is 355 g/mol. The van der Waals surface area contributed by atoms with Crippen molar-refractivity contribution in [1.29, 1.82) is 0 Å². The van der Waals surface area contributed by atoms with Crippen LogP contribution in [0.5, 0.6) is 0 Å². The van der Waals surface area contributed by atoms with Crippen molar-refractivity contribution in [2.75, 3.05) is 25.0 Å². The van der Waals surface area contributed by atoms with Gasteiger partial charge in [-0.05, 0) is 58.2 Å². The Labute approximate surface area is 155 Å². The van der Waals surface area contributed by atoms with Gasteiger partial charge in [-0.25, -0.2) is 9.97 Å². The van der Waals surface area contributed by atoms with E-state index in [1.54, 1.807) is 13.1 Å². The minimum absolute atomic E-state index is 0.0979. The van der Waals surface area contributed by atoms with Crippen molar-refractivity contribution in [3.8, 4) is 11.4 Å². The average Bonchev–Trinajstić information content (AvgIpc) is 2.64. The topological polar surface area (TPSA) is 73.9 Å². The zero-order valence-corrected chi connectivity index (χ0v) is 16.2. The molecular weight excluding hydrogens is 326 g/mol. The highest BCUT2D eigenvalue weighted by molar-refractivity contribution is 5.56. The van der Waals surface area contributed by atoms with Gasteiger partial charge in [-0.15, -0.1) is 0 Å². The van der Waals surface area contributed by atoms with E-state index in [1.807, 2.05) is 19.1 Å². The summed E-state index contributed by atoms with van der Waals surface area (Å²) in [6, 6.07) is 4.36. The number of hydrogen-bond donors (Lipinski definition) is 2. The second-order valence-corrected chi connectivity index (χ2v) is 7.53. The first-order chi connectivity index (χ1) is 12.4. The fourth-order valence-electron chi connectivity index (χ4n) is 3.43. The highest BCUT2D eigenvalue weighted by Crippen LogP contribution is 2.19. The molecule has 0 aromatic carbocycles. The fraction of sp³-hybridized carbons (Fsp3) is 0.550. The van der Waals surface area contributed by atoms with E-state index in [0.717, 1.165) is 29.5 Å². The van der Waals surface area contributed by atoms with Crippen LogP contribution in [0.3, 0.4) is 0 Å². The van der Waals surface area contributed by atoms with Gasteiger partial charge in [0.25, 0.3) is 5.56 Å². The van der Waals surface area contributed by atoms with E-state index in [1.165, 1.54) is 25.9 Å². The smallest absolute Gasteiger partial charge is 0.254 e. The third kappa shape index (κ3) is 4.30. The van der Waals surface area contributed by atoms with Crippen LogP contribution in [-0.4, -0.2) is 45.5 Å². The maximum Gasteiger partial charge on any atom is 0.254 e. The molecule has 2 atom stereocenters. The number of aromatic nitrogens is 3. The van der Waals surface area contributed by atoms with Crippen LogP contribution >= 0.6 is 0 Å². The van der Waals surface area contributed by atoms with Crippen molar-refractivity contribution in [2.24, 2.45) is 5.92 Å². The number of piperidine rings is 1. The number of hydrogen-bond acceptors (Lipinski definition) is 5. The van der Waals surface area contributed by atoms with Crippen LogP contribution in [0.1, 0.15) is 37.9 Å². The van der Waals surface area contributed by atoms with Gasteiger partial charge in [-0.1, -0.05) is 6.92 Å². The first-order valence-corrected chi connectivity index (χ1v) is 9.46. The van der Waals surface area contributed by atoms with Crippen LogP contribution in [0.2, 0.25) is 0 Å². The van der Waals surface area contributed by atoms with E-state index in [9.17, 15) is 4.79 Å². The summed E-state index contributed by atoms with van der Waals surface area (Å²) < 4.78 is 0. The lowest BCUT2D eigenvalue weighted by atomic mass is 9.99. The quantitative estimate of drug-likeness (QED) is 0.862. The normalized spacial score (nSPS) is 19.3. The van der Waals surface area contributed by atoms with Gasteiger partial charge in [0.2, 0.25) is 0 Å². The third-order valence-corrected chi connectivity index (χ3v) is 5.32. The van der Waals surface area contributed by atoms with Crippen molar-refractivity contribution in [1.82, 2.24) is 19.9 Å². The van der Waals surface area contributed by atoms with Crippen molar-refractivity contribution >= 4 is 5.82 Å². The molecule has 3 heterocycles. The van der Waals surface area contributed by atoms with Gasteiger partial charge >= 0.3 is 0 Å². The molecule has 0 spiro atoms. The Morgan fingerprint density at radius 1 is 1.38 bits per heavy atom. The van der Waals surface area contributed by atoms with E-state index >= 15 is 0 Å². The standard InChI is InChI=1S/C20H29N5O/c1-13-6-5-9-25(12-13)14(2)10-21-18-8-7-17(11-22-18)19-23-16(4)15(3)20(26)24-19/h7-8,11,13-14H,5-6,9-10,12H2,1-4H3,(H,21,22)(H,23,24,26). The second kappa shape index (κ2) is 7.99. The predicted molar refractivity (Wildman–Crippen MR) is 105 cm³/mol. The maximum absolute atomic E-state index is 11.9. The van der Waals surface area contributed by atoms with Gasteiger partial charge < -0.3 is 10.3 Å². The molecule has 1 aliphatic heterocycles. The molecule has 2 N–H and O–H groups in total. The van der Waals surface area contributed by atoms with Gasteiger partial charge in [0.1, 0.15) is 11.6 Å². The van der Waals surface area contributed by atoms with E-state index in [4.69, 9.17) is 0 Å². The summed E-state index contributed by atoms with van der Waals surface area (Å²) in [6.45, 7) is 11.5. The second-order valence-electron chi connectivity index (χ2n) is 7.53. The largest absolute Gasteiger partial charge is 0.369 e. The molecule has 0 aliphatic carbocycles. The fourth-order valence-corrected chi connectivity index (χ4v) is 3.43. The minimum atomic E-state index is -0.0979. The number of anilines is 1. The molecule has 140 valence electrons. The van der Waals surface area contributed by atoms with Crippen molar-refractivity contribution < 1.29 is 0 Å². The van der Waals surface area contributed by atoms with Crippen LogP contribution in [0.25, 0.3) is 11.4 Å². The summed E-state index contributed by atoms with van der Waals surface area (Å²) >= 11 is 0. The summed E-state index contributed by atoms with van der Waals surface area (Å²) in [5.41, 5.74) is 2.12. The molecule has 3 rings (SSSR count). The Morgan fingerprint density at radius 2 is 2.19 bits per heavy atom. The molecule has 1 aliphatic rings. The molecule has 6 nitrogen and oxygen atoms in total. The molecule has 0 radical (unpaired) electrons. The molecule has 2 unspecified atom stereocenters. The van der Waals surface area contributed by atoms with Crippen LogP contribution < -0.4 is 10.9 Å². The molecule has 1 fully saturated rings. The molecule has 0 bridgehead atoms. The summed E-state index contributed by atoms with van der Waals surface area (Å²) in [6.07, 6.45) is 4.39. The number of nitrogens with one attached hydrogen (secondary N) is 2.